The van der Waals surface area contributed by atoms with Crippen LogP contribution in [0, 0.1) is 0 Å². The summed E-state index contributed by atoms with van der Waals surface area (Å²) in [5, 5.41) is 0. The van der Waals surface area contributed by atoms with E-state index in [0.29, 0.717) is 0 Å². The van der Waals surface area contributed by atoms with E-state index in [1.54, 1.807) is 22.3 Å². The van der Waals surface area contributed by atoms with Gasteiger partial charge in [-0.2, -0.15) is 46.5 Å². The molecule has 2 aliphatic carbocycles. The van der Waals surface area contributed by atoms with Gasteiger partial charge in [0.1, 0.15) is 0 Å². The summed E-state index contributed by atoms with van der Waals surface area (Å²) in [5.41, 5.74) is 6.39. The van der Waals surface area contributed by atoms with Crippen LogP contribution >= 0.6 is 0 Å². The number of rotatable bonds is 0. The quantitative estimate of drug-likeness (QED) is 0.330. The fourth-order valence-corrected chi connectivity index (χ4v) is 3.23. The molecule has 2 aromatic rings. The van der Waals surface area contributed by atoms with Crippen molar-refractivity contribution in [3.05, 3.63) is 58.7 Å². The SMILES string of the molecule is C[CH]=[Hf]([F])[F].c1cc2c([cH-]1)CCCC2.c1cc2c([cH-]1)CCCC2. The Hall–Kier alpha value is -0.700. The van der Waals surface area contributed by atoms with Crippen molar-refractivity contribution in [2.75, 3.05) is 0 Å². The van der Waals surface area contributed by atoms with Gasteiger partial charge in [-0.3, -0.25) is 0 Å². The first-order chi connectivity index (χ1) is 11.2. The summed E-state index contributed by atoms with van der Waals surface area (Å²) >= 11 is -3.83. The molecular formula is C20H26F2Hf-2. The van der Waals surface area contributed by atoms with E-state index in [1.165, 1.54) is 58.3 Å². The van der Waals surface area contributed by atoms with Crippen LogP contribution in [0.2, 0.25) is 0 Å². The molecule has 0 saturated carbocycles. The van der Waals surface area contributed by atoms with Crippen LogP contribution in [0.1, 0.15) is 54.9 Å². The molecule has 23 heavy (non-hydrogen) atoms. The van der Waals surface area contributed by atoms with E-state index < -0.39 is 22.2 Å². The maximum Gasteiger partial charge on any atom is -0.0512 e. The standard InChI is InChI=1S/2C9H11.C2H4.2FH.Hf/c2*1-2-5-9-7-3-6-8(9)4-1;1-2;;;/h2*3,6-7H,1-2,4-5H2;1H,2H3;2*1H;/q2*-1;;;;+2/p-2. The molecule has 0 spiro atoms. The summed E-state index contributed by atoms with van der Waals surface area (Å²) in [6.07, 6.45) is 10.9. The van der Waals surface area contributed by atoms with E-state index in [1.807, 2.05) is 0 Å². The van der Waals surface area contributed by atoms with Gasteiger partial charge >= 0.3 is 38.2 Å². The van der Waals surface area contributed by atoms with Gasteiger partial charge in [-0.15, -0.1) is 0 Å². The predicted molar refractivity (Wildman–Crippen MR) is 91.3 cm³/mol. The van der Waals surface area contributed by atoms with Crippen molar-refractivity contribution >= 4 is 3.76 Å². The number of fused-ring (bicyclic) bond motifs is 2. The van der Waals surface area contributed by atoms with Gasteiger partial charge in [0.05, 0.1) is 0 Å². The van der Waals surface area contributed by atoms with E-state index in [2.05, 4.69) is 36.4 Å². The van der Waals surface area contributed by atoms with Crippen LogP contribution in [-0.4, -0.2) is 3.76 Å². The van der Waals surface area contributed by atoms with E-state index in [0.717, 1.165) is 3.76 Å². The van der Waals surface area contributed by atoms with Crippen LogP contribution < -0.4 is 0 Å². The zero-order valence-electron chi connectivity index (χ0n) is 14.0. The molecule has 0 unspecified atom stereocenters. The maximum absolute atomic E-state index is 10.9. The number of aryl methyl sites for hydroxylation is 4. The van der Waals surface area contributed by atoms with Crippen LogP contribution in [-0.2, 0) is 47.8 Å². The average Bonchev–Trinajstić information content (AvgIpc) is 3.24. The number of hydrogen-bond acceptors (Lipinski definition) is 0. The van der Waals surface area contributed by atoms with E-state index in [4.69, 9.17) is 0 Å². The first-order valence-corrected chi connectivity index (χ1v) is 13.4. The minimum absolute atomic E-state index is 1.05. The Morgan fingerprint density at radius 3 is 1.57 bits per heavy atom. The van der Waals surface area contributed by atoms with Crippen LogP contribution in [0.15, 0.2) is 36.4 Å². The normalized spacial score (nSPS) is 15.1. The third kappa shape index (κ3) is 6.37. The Morgan fingerprint density at radius 2 is 1.22 bits per heavy atom. The molecule has 0 saturated heterocycles. The van der Waals surface area contributed by atoms with Crippen molar-refractivity contribution in [3.63, 3.8) is 0 Å². The number of hydrogen-bond donors (Lipinski definition) is 0. The summed E-state index contributed by atoms with van der Waals surface area (Å²) in [4.78, 5) is 0. The van der Waals surface area contributed by atoms with Crippen molar-refractivity contribution < 1.29 is 27.5 Å². The Kier molecular flexibility index (Phi) is 8.28. The van der Waals surface area contributed by atoms with Gasteiger partial charge in [-0.1, -0.05) is 51.4 Å². The van der Waals surface area contributed by atoms with E-state index >= 15 is 0 Å². The van der Waals surface area contributed by atoms with Gasteiger partial charge in [0, 0.05) is 0 Å². The molecule has 126 valence electrons. The Balaban J connectivity index is 0.000000132. The second-order valence-electron chi connectivity index (χ2n) is 6.15. The average molecular weight is 483 g/mol. The van der Waals surface area contributed by atoms with Crippen LogP contribution in [0.4, 0.5) is 5.33 Å². The monoisotopic (exact) mass is 484 g/mol. The van der Waals surface area contributed by atoms with Gasteiger partial charge in [0.25, 0.3) is 0 Å². The molecule has 2 aliphatic rings. The molecular weight excluding hydrogens is 457 g/mol. The predicted octanol–water partition coefficient (Wildman–Crippen LogP) is 5.76. The van der Waals surface area contributed by atoms with Gasteiger partial charge in [-0.25, -0.2) is 12.1 Å². The molecule has 0 radical (unpaired) electrons. The molecule has 0 amide bonds. The molecule has 0 aromatic heterocycles. The summed E-state index contributed by atoms with van der Waals surface area (Å²) in [7, 11) is 0. The van der Waals surface area contributed by atoms with Gasteiger partial charge in [0.2, 0.25) is 0 Å². The minimum atomic E-state index is -3.83. The Bertz CT molecular complexity index is 515. The molecule has 2 aromatic carbocycles. The van der Waals surface area contributed by atoms with Crippen molar-refractivity contribution in [2.45, 2.75) is 58.3 Å². The molecule has 0 heterocycles. The smallest absolute Gasteiger partial charge is 0.0512 e. The first-order valence-electron chi connectivity index (χ1n) is 8.65. The molecule has 0 bridgehead atoms. The zero-order valence-corrected chi connectivity index (χ0v) is 17.5. The van der Waals surface area contributed by atoms with Crippen LogP contribution in [0.3, 0.4) is 0 Å². The fraction of sp³-hybridized carbons (Fsp3) is 0.450. The minimum Gasteiger partial charge on any atom is -0.210 e. The second kappa shape index (κ2) is 10.2. The zero-order chi connectivity index (χ0) is 16.5. The molecule has 0 aliphatic heterocycles. The largest absolute Gasteiger partial charge is 0.210 e. The van der Waals surface area contributed by atoms with Crippen molar-refractivity contribution in [3.8, 4) is 0 Å². The van der Waals surface area contributed by atoms with Gasteiger partial charge in [-0.05, 0) is 0 Å². The third-order valence-corrected chi connectivity index (χ3v) is 6.09. The molecule has 0 N–H and O–H groups in total. The van der Waals surface area contributed by atoms with E-state index in [9.17, 15) is 5.33 Å². The molecule has 0 nitrogen and oxygen atoms in total. The van der Waals surface area contributed by atoms with Crippen molar-refractivity contribution in [2.24, 2.45) is 0 Å². The molecule has 4 rings (SSSR count). The summed E-state index contributed by atoms with van der Waals surface area (Å²) in [5.74, 6) is 0. The summed E-state index contributed by atoms with van der Waals surface area (Å²) in [6, 6.07) is 13.4. The van der Waals surface area contributed by atoms with Crippen LogP contribution in [0.25, 0.3) is 0 Å². The maximum atomic E-state index is 10.9. The van der Waals surface area contributed by atoms with Crippen molar-refractivity contribution in [1.29, 1.82) is 0 Å². The molecule has 3 heteroatoms. The van der Waals surface area contributed by atoms with E-state index in [-0.39, 0.29) is 0 Å². The second-order valence-corrected chi connectivity index (χ2v) is 10.3. The van der Waals surface area contributed by atoms with Gasteiger partial charge in [0.15, 0.2) is 0 Å². The van der Waals surface area contributed by atoms with Gasteiger partial charge < -0.3 is 0 Å². The Labute approximate surface area is 148 Å². The number of halogens is 2. The Morgan fingerprint density at radius 1 is 0.826 bits per heavy atom. The topological polar surface area (TPSA) is 0 Å². The third-order valence-electron chi connectivity index (χ3n) is 4.52. The summed E-state index contributed by atoms with van der Waals surface area (Å²) < 4.78 is 22.9. The summed E-state index contributed by atoms with van der Waals surface area (Å²) in [6.45, 7) is 1.42. The fourth-order valence-electron chi connectivity index (χ4n) is 3.23. The van der Waals surface area contributed by atoms with Crippen LogP contribution in [0.5, 0.6) is 0 Å². The molecule has 0 atom stereocenters. The first kappa shape index (κ1) is 18.6. The van der Waals surface area contributed by atoms with Crippen molar-refractivity contribution in [1.82, 2.24) is 0 Å². The molecule has 0 fully saturated rings.